The topological polar surface area (TPSA) is 76.8 Å². The Morgan fingerprint density at radius 2 is 1.82 bits per heavy atom. The maximum atomic E-state index is 14.7. The van der Waals surface area contributed by atoms with Gasteiger partial charge < -0.3 is 4.90 Å². The molecule has 0 spiro atoms. The first-order valence-corrected chi connectivity index (χ1v) is 10.1. The zero-order chi connectivity index (χ0) is 23.8. The molecule has 1 aliphatic rings. The van der Waals surface area contributed by atoms with Crippen molar-refractivity contribution in [1.82, 2.24) is 29.9 Å². The summed E-state index contributed by atoms with van der Waals surface area (Å²) in [5.41, 5.74) is 0.135. The number of hydrogen-bond donors (Lipinski definition) is 0. The van der Waals surface area contributed by atoms with Crippen LogP contribution in [0.2, 0.25) is 0 Å². The highest BCUT2D eigenvalue weighted by Crippen LogP contribution is 2.38. The molecule has 33 heavy (non-hydrogen) atoms. The molecule has 0 N–H and O–H groups in total. The molecule has 0 bridgehead atoms. The Hall–Kier alpha value is -3.44. The number of aryl methyl sites for hydroxylation is 2. The van der Waals surface area contributed by atoms with Crippen LogP contribution in [0.4, 0.5) is 22.0 Å². The van der Waals surface area contributed by atoms with E-state index in [9.17, 15) is 26.7 Å². The number of hydrogen-bond acceptors (Lipinski definition) is 5. The van der Waals surface area contributed by atoms with Gasteiger partial charge in [0.15, 0.2) is 0 Å². The van der Waals surface area contributed by atoms with Crippen LogP contribution >= 0.6 is 0 Å². The lowest BCUT2D eigenvalue weighted by Gasteiger charge is -2.28. The zero-order valence-electron chi connectivity index (χ0n) is 17.4. The van der Waals surface area contributed by atoms with Gasteiger partial charge in [0.2, 0.25) is 0 Å². The molecule has 1 fully saturated rings. The van der Waals surface area contributed by atoms with Gasteiger partial charge in [0.05, 0.1) is 35.2 Å². The highest BCUT2D eigenvalue weighted by atomic mass is 19.4. The smallest absolute Gasteiger partial charge is 0.329 e. The fraction of sp³-hybridized carbons (Fsp3) is 0.381. The summed E-state index contributed by atoms with van der Waals surface area (Å²) in [5.74, 6) is -3.75. The predicted molar refractivity (Wildman–Crippen MR) is 106 cm³/mol. The van der Waals surface area contributed by atoms with Crippen molar-refractivity contribution in [1.29, 1.82) is 0 Å². The van der Waals surface area contributed by atoms with Crippen LogP contribution < -0.4 is 0 Å². The second-order valence-corrected chi connectivity index (χ2v) is 7.74. The van der Waals surface area contributed by atoms with Crippen LogP contribution in [0.25, 0.3) is 5.69 Å². The molecule has 0 radical (unpaired) electrons. The van der Waals surface area contributed by atoms with Gasteiger partial charge in [0, 0.05) is 31.8 Å². The number of aromatic nitrogens is 5. The average molecular weight is 466 g/mol. The first-order chi connectivity index (χ1) is 15.6. The summed E-state index contributed by atoms with van der Waals surface area (Å²) in [4.78, 5) is 23.1. The molecular weight excluding hydrogens is 447 g/mol. The molecule has 1 aliphatic heterocycles. The number of alkyl halides is 5. The van der Waals surface area contributed by atoms with E-state index in [1.165, 1.54) is 17.2 Å². The van der Waals surface area contributed by atoms with Crippen molar-refractivity contribution in [2.45, 2.75) is 44.3 Å². The second kappa shape index (κ2) is 8.49. The molecule has 12 heteroatoms. The minimum absolute atomic E-state index is 0.00424. The summed E-state index contributed by atoms with van der Waals surface area (Å²) in [5, 5.41) is 8.07. The van der Waals surface area contributed by atoms with Crippen LogP contribution in [-0.4, -0.2) is 54.3 Å². The van der Waals surface area contributed by atoms with Gasteiger partial charge in [-0.15, -0.1) is 0 Å². The molecule has 7 nitrogen and oxygen atoms in total. The molecule has 3 aromatic rings. The lowest BCUT2D eigenvalue weighted by molar-refractivity contribution is -0.138. The number of carbonyl (C=O) groups is 1. The van der Waals surface area contributed by atoms with E-state index in [-0.39, 0.29) is 30.8 Å². The summed E-state index contributed by atoms with van der Waals surface area (Å²) in [6.45, 7) is 1.53. The number of halogens is 5. The monoisotopic (exact) mass is 466 g/mol. The Kier molecular flexibility index (Phi) is 5.85. The number of amides is 1. The lowest BCUT2D eigenvalue weighted by Crippen LogP contribution is -2.43. The van der Waals surface area contributed by atoms with E-state index < -0.39 is 36.0 Å². The van der Waals surface area contributed by atoms with Crippen molar-refractivity contribution in [3.8, 4) is 5.69 Å². The Morgan fingerprint density at radius 1 is 1.15 bits per heavy atom. The van der Waals surface area contributed by atoms with Gasteiger partial charge in [-0.3, -0.25) is 4.79 Å². The van der Waals surface area contributed by atoms with E-state index in [0.717, 1.165) is 4.90 Å². The summed E-state index contributed by atoms with van der Waals surface area (Å²) >= 11 is 0. The number of nitrogens with zero attached hydrogens (tertiary/aromatic N) is 6. The molecule has 0 unspecified atom stereocenters. The summed E-state index contributed by atoms with van der Waals surface area (Å²) in [7, 11) is 0. The van der Waals surface area contributed by atoms with Gasteiger partial charge >= 0.3 is 6.18 Å². The van der Waals surface area contributed by atoms with Crippen molar-refractivity contribution in [2.75, 3.05) is 6.54 Å². The minimum atomic E-state index is -4.59. The third-order valence-corrected chi connectivity index (χ3v) is 5.58. The van der Waals surface area contributed by atoms with Gasteiger partial charge in [-0.1, -0.05) is 12.1 Å². The molecule has 4 rings (SSSR count). The van der Waals surface area contributed by atoms with Gasteiger partial charge in [-0.05, 0) is 25.0 Å². The van der Waals surface area contributed by atoms with Crippen LogP contribution in [-0.2, 0) is 12.6 Å². The first-order valence-electron chi connectivity index (χ1n) is 10.1. The Bertz CT molecular complexity index is 1130. The van der Waals surface area contributed by atoms with Crippen molar-refractivity contribution < 1.29 is 26.7 Å². The van der Waals surface area contributed by atoms with Crippen molar-refractivity contribution in [3.63, 3.8) is 0 Å². The lowest BCUT2D eigenvalue weighted by atomic mass is 10.0. The highest BCUT2D eigenvalue weighted by Gasteiger charge is 2.50. The van der Waals surface area contributed by atoms with Gasteiger partial charge in [-0.25, -0.2) is 18.7 Å². The van der Waals surface area contributed by atoms with Crippen LogP contribution in [0.15, 0.2) is 43.0 Å². The molecule has 0 aliphatic carbocycles. The van der Waals surface area contributed by atoms with E-state index in [0.29, 0.717) is 23.6 Å². The molecule has 1 amide bonds. The molecule has 1 saturated heterocycles. The summed E-state index contributed by atoms with van der Waals surface area (Å²) in [6, 6.07) is 3.58. The molecule has 1 atom stereocenters. The van der Waals surface area contributed by atoms with E-state index in [1.807, 2.05) is 0 Å². The second-order valence-electron chi connectivity index (χ2n) is 7.74. The quantitative estimate of drug-likeness (QED) is 0.534. The Labute approximate surface area is 185 Å². The maximum Gasteiger partial charge on any atom is 0.419 e. The van der Waals surface area contributed by atoms with Crippen LogP contribution in [0.5, 0.6) is 0 Å². The maximum absolute atomic E-state index is 14.7. The molecule has 1 aromatic carbocycles. The number of carbonyl (C=O) groups excluding carboxylic acids is 1. The number of likely N-dealkylation sites (tertiary alicyclic amines) is 1. The summed E-state index contributed by atoms with van der Waals surface area (Å²) in [6.07, 6.45) is -1.30. The van der Waals surface area contributed by atoms with E-state index >= 15 is 0 Å². The number of benzene rings is 1. The van der Waals surface area contributed by atoms with E-state index in [1.54, 1.807) is 25.1 Å². The first kappa shape index (κ1) is 22.7. The largest absolute Gasteiger partial charge is 0.419 e. The average Bonchev–Trinajstić information content (AvgIpc) is 3.39. The molecule has 3 heterocycles. The SMILES string of the molecule is Cc1cccc(-n2nccn2)c1C(=O)N1CCC(F)(F)[C@H]1CCc1ncc(C(F)(F)F)cn1. The fourth-order valence-corrected chi connectivity index (χ4v) is 3.91. The normalized spacial score (nSPS) is 18.0. The number of rotatable bonds is 5. The Morgan fingerprint density at radius 3 is 2.45 bits per heavy atom. The van der Waals surface area contributed by atoms with Crippen LogP contribution in [0.3, 0.4) is 0 Å². The fourth-order valence-electron chi connectivity index (χ4n) is 3.91. The van der Waals surface area contributed by atoms with Gasteiger partial charge in [-0.2, -0.15) is 28.2 Å². The molecule has 174 valence electrons. The standard InChI is InChI=1S/C21H19F5N6O/c1-13-3-2-4-15(32-29-8-9-30-32)18(13)19(33)31-10-7-20(22,23)16(31)5-6-17-27-11-14(12-28-17)21(24,25)26/h2-4,8-9,11-12,16H,5-7,10H2,1H3/t16-/m1/s1. The zero-order valence-corrected chi connectivity index (χ0v) is 17.4. The van der Waals surface area contributed by atoms with Crippen molar-refractivity contribution in [3.05, 3.63) is 65.5 Å². The Balaban J connectivity index is 1.58. The summed E-state index contributed by atoms with van der Waals surface area (Å²) < 4.78 is 67.5. The third-order valence-electron chi connectivity index (χ3n) is 5.58. The van der Waals surface area contributed by atoms with E-state index in [4.69, 9.17) is 0 Å². The van der Waals surface area contributed by atoms with Gasteiger partial charge in [0.25, 0.3) is 11.8 Å². The molecule has 2 aromatic heterocycles. The predicted octanol–water partition coefficient (Wildman–Crippen LogP) is 3.87. The van der Waals surface area contributed by atoms with Crippen LogP contribution in [0.1, 0.15) is 40.2 Å². The van der Waals surface area contributed by atoms with Gasteiger partial charge in [0.1, 0.15) is 5.82 Å². The highest BCUT2D eigenvalue weighted by molar-refractivity contribution is 5.99. The van der Waals surface area contributed by atoms with Crippen molar-refractivity contribution >= 4 is 5.91 Å². The third kappa shape index (κ3) is 4.55. The van der Waals surface area contributed by atoms with Crippen molar-refractivity contribution in [2.24, 2.45) is 0 Å². The molecule has 0 saturated carbocycles. The minimum Gasteiger partial charge on any atom is -0.329 e. The van der Waals surface area contributed by atoms with E-state index in [2.05, 4.69) is 20.2 Å². The molecular formula is C21H19F5N6O. The van der Waals surface area contributed by atoms with Crippen LogP contribution in [0, 0.1) is 6.92 Å².